The molecule has 3 rings (SSSR count). The Morgan fingerprint density at radius 1 is 1.12 bits per heavy atom. The number of carbonyl (C=O) groups is 1. The summed E-state index contributed by atoms with van der Waals surface area (Å²) in [5, 5.41) is 7.94. The molecule has 0 fully saturated rings. The molecule has 7 heteroatoms. The van der Waals surface area contributed by atoms with E-state index in [1.807, 2.05) is 0 Å². The van der Waals surface area contributed by atoms with Crippen LogP contribution in [-0.2, 0) is 9.53 Å². The molecule has 3 aromatic rings. The zero-order valence-corrected chi connectivity index (χ0v) is 15.4. The lowest BCUT2D eigenvalue weighted by Gasteiger charge is -2.20. The fourth-order valence-corrected chi connectivity index (χ4v) is 2.75. The molecule has 0 aliphatic rings. The molecule has 2 aromatic carbocycles. The molecule has 1 atom stereocenters. The third-order valence-corrected chi connectivity index (χ3v) is 4.14. The summed E-state index contributed by atoms with van der Waals surface area (Å²) in [6, 6.07) is 13.8. The number of hydrogen-bond acceptors (Lipinski definition) is 4. The van der Waals surface area contributed by atoms with E-state index in [0.29, 0.717) is 26.9 Å². The van der Waals surface area contributed by atoms with Crippen LogP contribution in [0.15, 0.2) is 54.7 Å². The van der Waals surface area contributed by atoms with Crippen LogP contribution in [0.3, 0.4) is 0 Å². The van der Waals surface area contributed by atoms with Gasteiger partial charge in [0.2, 0.25) is 6.10 Å². The minimum absolute atomic E-state index is 0.250. The van der Waals surface area contributed by atoms with Gasteiger partial charge in [0.15, 0.2) is 0 Å². The van der Waals surface area contributed by atoms with Crippen molar-refractivity contribution in [3.63, 3.8) is 0 Å². The van der Waals surface area contributed by atoms with Crippen molar-refractivity contribution in [2.45, 2.75) is 13.0 Å². The highest BCUT2D eigenvalue weighted by atomic mass is 35.5. The van der Waals surface area contributed by atoms with Gasteiger partial charge in [0.05, 0.1) is 12.3 Å². The van der Waals surface area contributed by atoms with Crippen LogP contribution in [0.4, 0.5) is 0 Å². The van der Waals surface area contributed by atoms with Crippen molar-refractivity contribution in [2.24, 2.45) is 0 Å². The van der Waals surface area contributed by atoms with Crippen molar-refractivity contribution in [3.05, 3.63) is 70.3 Å². The van der Waals surface area contributed by atoms with E-state index in [0.717, 1.165) is 5.69 Å². The molecule has 5 nitrogen and oxygen atoms in total. The van der Waals surface area contributed by atoms with E-state index in [4.69, 9.17) is 32.7 Å². The van der Waals surface area contributed by atoms with Gasteiger partial charge >= 0.3 is 5.97 Å². The lowest BCUT2D eigenvalue weighted by atomic mass is 10.1. The first-order valence-electron chi connectivity index (χ1n) is 7.96. The molecular weight excluding hydrogens is 375 g/mol. The highest BCUT2D eigenvalue weighted by Crippen LogP contribution is 2.35. The number of nitrogens with one attached hydrogen (secondary N) is 1. The van der Waals surface area contributed by atoms with Crippen LogP contribution in [0, 0.1) is 0 Å². The SMILES string of the molecule is CCOC(=O)C(Oc1ccc(Cl)cc1-c1ccn[nH]1)c1ccc(Cl)cc1. The molecule has 26 heavy (non-hydrogen) atoms. The first-order valence-corrected chi connectivity index (χ1v) is 8.72. The number of H-pyrrole nitrogens is 1. The molecule has 1 aromatic heterocycles. The number of aromatic amines is 1. The highest BCUT2D eigenvalue weighted by Gasteiger charge is 2.25. The highest BCUT2D eigenvalue weighted by molar-refractivity contribution is 6.31. The predicted octanol–water partition coefficient (Wildman–Crippen LogP) is 5.07. The van der Waals surface area contributed by atoms with Crippen molar-refractivity contribution in [3.8, 4) is 17.0 Å². The summed E-state index contributed by atoms with van der Waals surface area (Å²) in [5.74, 6) is -0.00742. The number of benzene rings is 2. The van der Waals surface area contributed by atoms with Gasteiger partial charge in [-0.2, -0.15) is 5.10 Å². The van der Waals surface area contributed by atoms with Gasteiger partial charge in [0, 0.05) is 27.4 Å². The van der Waals surface area contributed by atoms with E-state index in [2.05, 4.69) is 10.2 Å². The second-order valence-electron chi connectivity index (χ2n) is 5.41. The second-order valence-corrected chi connectivity index (χ2v) is 6.29. The molecule has 0 radical (unpaired) electrons. The summed E-state index contributed by atoms with van der Waals surface area (Å²) in [6.45, 7) is 2.00. The molecule has 1 heterocycles. The van der Waals surface area contributed by atoms with E-state index in [9.17, 15) is 4.79 Å². The lowest BCUT2D eigenvalue weighted by molar-refractivity contribution is -0.151. The van der Waals surface area contributed by atoms with Gasteiger partial charge in [0.1, 0.15) is 5.75 Å². The molecule has 134 valence electrons. The Kier molecular flexibility index (Phi) is 5.81. The lowest BCUT2D eigenvalue weighted by Crippen LogP contribution is -2.21. The minimum Gasteiger partial charge on any atom is -0.473 e. The third-order valence-electron chi connectivity index (χ3n) is 3.65. The van der Waals surface area contributed by atoms with Crippen molar-refractivity contribution < 1.29 is 14.3 Å². The van der Waals surface area contributed by atoms with Crippen molar-refractivity contribution in [1.29, 1.82) is 0 Å². The number of esters is 1. The summed E-state index contributed by atoms with van der Waals surface area (Å²) in [7, 11) is 0. The molecule has 0 spiro atoms. The second kappa shape index (κ2) is 8.25. The van der Waals surface area contributed by atoms with Gasteiger partial charge in [-0.15, -0.1) is 0 Å². The first-order chi connectivity index (χ1) is 12.6. The predicted molar refractivity (Wildman–Crippen MR) is 100 cm³/mol. The number of aromatic nitrogens is 2. The van der Waals surface area contributed by atoms with Gasteiger partial charge in [-0.05, 0) is 43.3 Å². The Labute approximate surface area is 160 Å². The van der Waals surface area contributed by atoms with Crippen LogP contribution in [0.5, 0.6) is 5.75 Å². The number of halogens is 2. The Hall–Kier alpha value is -2.50. The zero-order valence-electron chi connectivity index (χ0n) is 13.9. The molecule has 0 amide bonds. The van der Waals surface area contributed by atoms with Gasteiger partial charge in [-0.3, -0.25) is 5.10 Å². The average Bonchev–Trinajstić information content (AvgIpc) is 3.16. The number of hydrogen-bond donors (Lipinski definition) is 1. The van der Waals surface area contributed by atoms with Gasteiger partial charge < -0.3 is 9.47 Å². The molecule has 0 saturated heterocycles. The Morgan fingerprint density at radius 3 is 2.50 bits per heavy atom. The van der Waals surface area contributed by atoms with Crippen LogP contribution < -0.4 is 4.74 Å². The Balaban J connectivity index is 1.99. The van der Waals surface area contributed by atoms with Gasteiger partial charge in [0.25, 0.3) is 0 Å². The number of nitrogens with zero attached hydrogens (tertiary/aromatic N) is 1. The summed E-state index contributed by atoms with van der Waals surface area (Å²) in [6.07, 6.45) is 0.692. The number of ether oxygens (including phenoxy) is 2. The molecular formula is C19H16Cl2N2O3. The average molecular weight is 391 g/mol. The largest absolute Gasteiger partial charge is 0.473 e. The van der Waals surface area contributed by atoms with Crippen LogP contribution in [0.1, 0.15) is 18.6 Å². The van der Waals surface area contributed by atoms with E-state index in [1.165, 1.54) is 0 Å². The smallest absolute Gasteiger partial charge is 0.352 e. The maximum absolute atomic E-state index is 12.5. The third kappa shape index (κ3) is 4.18. The van der Waals surface area contributed by atoms with Crippen LogP contribution in [-0.4, -0.2) is 22.8 Å². The molecule has 1 N–H and O–H groups in total. The normalized spacial score (nSPS) is 11.8. The van der Waals surface area contributed by atoms with E-state index < -0.39 is 12.1 Å². The minimum atomic E-state index is -0.935. The standard InChI is InChI=1S/C19H16Cl2N2O3/c1-2-25-19(24)18(12-3-5-13(20)6-4-12)26-17-8-7-14(21)11-15(17)16-9-10-22-23-16/h3-11,18H,2H2,1H3,(H,22,23). The fourth-order valence-electron chi connectivity index (χ4n) is 2.46. The zero-order chi connectivity index (χ0) is 18.5. The van der Waals surface area contributed by atoms with Crippen LogP contribution in [0.2, 0.25) is 10.0 Å². The first kappa shape index (κ1) is 18.3. The molecule has 1 unspecified atom stereocenters. The van der Waals surface area contributed by atoms with Crippen LogP contribution >= 0.6 is 23.2 Å². The molecule has 0 aliphatic carbocycles. The Morgan fingerprint density at radius 2 is 1.85 bits per heavy atom. The summed E-state index contributed by atoms with van der Waals surface area (Å²) >= 11 is 12.1. The Bertz CT molecular complexity index is 880. The van der Waals surface area contributed by atoms with E-state index in [1.54, 1.807) is 61.7 Å². The summed E-state index contributed by atoms with van der Waals surface area (Å²) < 4.78 is 11.2. The van der Waals surface area contributed by atoms with E-state index >= 15 is 0 Å². The molecule has 0 saturated carbocycles. The van der Waals surface area contributed by atoms with E-state index in [-0.39, 0.29) is 6.61 Å². The number of rotatable bonds is 6. The van der Waals surface area contributed by atoms with Crippen LogP contribution in [0.25, 0.3) is 11.3 Å². The van der Waals surface area contributed by atoms with Gasteiger partial charge in [-0.1, -0.05) is 35.3 Å². The monoisotopic (exact) mass is 390 g/mol. The van der Waals surface area contributed by atoms with Crippen molar-refractivity contribution >= 4 is 29.2 Å². The fraction of sp³-hybridized carbons (Fsp3) is 0.158. The summed E-state index contributed by atoms with van der Waals surface area (Å²) in [5.41, 5.74) is 2.05. The maximum Gasteiger partial charge on any atom is 0.352 e. The summed E-state index contributed by atoms with van der Waals surface area (Å²) in [4.78, 5) is 12.5. The van der Waals surface area contributed by atoms with Gasteiger partial charge in [-0.25, -0.2) is 4.79 Å². The molecule has 0 aliphatic heterocycles. The quantitative estimate of drug-likeness (QED) is 0.596. The van der Waals surface area contributed by atoms with Crippen molar-refractivity contribution in [2.75, 3.05) is 6.61 Å². The number of carbonyl (C=O) groups excluding carboxylic acids is 1. The maximum atomic E-state index is 12.5. The molecule has 0 bridgehead atoms. The topological polar surface area (TPSA) is 64.2 Å². The van der Waals surface area contributed by atoms with Crippen molar-refractivity contribution in [1.82, 2.24) is 10.2 Å².